The molecule has 0 radical (unpaired) electrons. The molecule has 0 aromatic heterocycles. The number of hydrogen-bond donors (Lipinski definition) is 4. The molecule has 0 saturated heterocycles. The maximum absolute atomic E-state index is 13.7. The summed E-state index contributed by atoms with van der Waals surface area (Å²) in [6, 6.07) is 19.2. The lowest BCUT2D eigenvalue weighted by molar-refractivity contribution is -0.127. The Morgan fingerprint density at radius 1 is 0.870 bits per heavy atom. The van der Waals surface area contributed by atoms with Crippen molar-refractivity contribution >= 4 is 27.5 Å². The van der Waals surface area contributed by atoms with Gasteiger partial charge in [-0.3, -0.25) is 9.59 Å². The van der Waals surface area contributed by atoms with E-state index in [0.29, 0.717) is 16.8 Å². The lowest BCUT2D eigenvalue weighted by Crippen LogP contribution is -2.53. The van der Waals surface area contributed by atoms with Crippen LogP contribution in [-0.4, -0.2) is 97.2 Å². The van der Waals surface area contributed by atoms with Gasteiger partial charge in [-0.1, -0.05) is 62.4 Å². The third kappa shape index (κ3) is 10.0. The molecular formula is C34H46N4O7S. The molecule has 3 aromatic carbocycles. The van der Waals surface area contributed by atoms with E-state index in [0.717, 1.165) is 5.56 Å². The van der Waals surface area contributed by atoms with Crippen molar-refractivity contribution in [2.75, 3.05) is 45.2 Å². The molecular weight excluding hydrogens is 608 g/mol. The summed E-state index contributed by atoms with van der Waals surface area (Å²) in [5.41, 5.74) is 2.41. The second-order valence-electron chi connectivity index (χ2n) is 12.0. The van der Waals surface area contributed by atoms with Gasteiger partial charge in [0.1, 0.15) is 5.75 Å². The van der Waals surface area contributed by atoms with Crippen molar-refractivity contribution in [2.24, 2.45) is 5.92 Å². The van der Waals surface area contributed by atoms with E-state index in [1.807, 2.05) is 44.2 Å². The van der Waals surface area contributed by atoms with Crippen molar-refractivity contribution < 1.29 is 33.3 Å². The number of aliphatic hydroxyl groups is 2. The third-order valence-electron chi connectivity index (χ3n) is 7.59. The maximum Gasteiger partial charge on any atom is 0.243 e. The van der Waals surface area contributed by atoms with E-state index >= 15 is 0 Å². The van der Waals surface area contributed by atoms with E-state index in [1.54, 1.807) is 38.1 Å². The molecule has 0 fully saturated rings. The van der Waals surface area contributed by atoms with Gasteiger partial charge in [0.2, 0.25) is 21.8 Å². The average Bonchev–Trinajstić information content (AvgIpc) is 3.01. The van der Waals surface area contributed by atoms with Crippen molar-refractivity contribution in [3.8, 4) is 5.75 Å². The molecule has 11 nitrogen and oxygen atoms in total. The second-order valence-corrected chi connectivity index (χ2v) is 14.0. The topological polar surface area (TPSA) is 151 Å². The first-order chi connectivity index (χ1) is 21.7. The SMILES string of the molecule is Cc1c(O)cccc1N(CC(=O)N[C@@H](Cc1ccccc1)[C@@H](O)CN(CC(C)C)S(=O)(=O)c1ccc(CO)cc1)CC(=O)N(C)C. The predicted molar refractivity (Wildman–Crippen MR) is 178 cm³/mol. The Morgan fingerprint density at radius 2 is 1.52 bits per heavy atom. The van der Waals surface area contributed by atoms with Crippen LogP contribution in [0.4, 0.5) is 5.69 Å². The smallest absolute Gasteiger partial charge is 0.243 e. The van der Waals surface area contributed by atoms with Crippen LogP contribution in [0.15, 0.2) is 77.7 Å². The molecule has 0 heterocycles. The summed E-state index contributed by atoms with van der Waals surface area (Å²) in [5.74, 6) is -0.783. The first-order valence-electron chi connectivity index (χ1n) is 15.2. The number of aromatic hydroxyl groups is 1. The Labute approximate surface area is 272 Å². The van der Waals surface area contributed by atoms with Gasteiger partial charge in [0.05, 0.1) is 36.7 Å². The molecule has 0 saturated carbocycles. The van der Waals surface area contributed by atoms with Crippen LogP contribution in [0.3, 0.4) is 0 Å². The van der Waals surface area contributed by atoms with Gasteiger partial charge in [-0.05, 0) is 54.7 Å². The highest BCUT2D eigenvalue weighted by molar-refractivity contribution is 7.89. The molecule has 3 rings (SSSR count). The van der Waals surface area contributed by atoms with E-state index in [9.17, 15) is 33.3 Å². The van der Waals surface area contributed by atoms with Crippen molar-refractivity contribution in [2.45, 2.75) is 50.8 Å². The van der Waals surface area contributed by atoms with Crippen LogP contribution in [0, 0.1) is 12.8 Å². The van der Waals surface area contributed by atoms with Crippen LogP contribution in [-0.2, 0) is 32.6 Å². The number of carbonyl (C=O) groups excluding carboxylic acids is 2. The molecule has 3 aromatic rings. The number of hydrogen-bond acceptors (Lipinski definition) is 8. The fraction of sp³-hybridized carbons (Fsp3) is 0.412. The first-order valence-corrected chi connectivity index (χ1v) is 16.6. The van der Waals surface area contributed by atoms with Crippen LogP contribution < -0.4 is 10.2 Å². The molecule has 0 aliphatic carbocycles. The molecule has 250 valence electrons. The monoisotopic (exact) mass is 654 g/mol. The Kier molecular flexibility index (Phi) is 13.1. The van der Waals surface area contributed by atoms with E-state index in [-0.39, 0.29) is 61.7 Å². The summed E-state index contributed by atoms with van der Waals surface area (Å²) in [6.07, 6.45) is -1.08. The highest BCUT2D eigenvalue weighted by atomic mass is 32.2. The number of nitrogens with zero attached hydrogens (tertiary/aromatic N) is 3. The highest BCUT2D eigenvalue weighted by Gasteiger charge is 2.32. The molecule has 2 atom stereocenters. The van der Waals surface area contributed by atoms with Gasteiger partial charge in [-0.2, -0.15) is 4.31 Å². The fourth-order valence-corrected chi connectivity index (χ4v) is 6.61. The lowest BCUT2D eigenvalue weighted by Gasteiger charge is -2.32. The Morgan fingerprint density at radius 3 is 2.11 bits per heavy atom. The van der Waals surface area contributed by atoms with Crippen LogP contribution >= 0.6 is 0 Å². The van der Waals surface area contributed by atoms with Gasteiger partial charge in [-0.25, -0.2) is 8.42 Å². The summed E-state index contributed by atoms with van der Waals surface area (Å²) in [4.78, 5) is 29.3. The number of likely N-dealkylation sites (N-methyl/N-ethyl adjacent to an activating group) is 1. The molecule has 12 heteroatoms. The van der Waals surface area contributed by atoms with Crippen molar-refractivity contribution in [3.05, 3.63) is 89.5 Å². The minimum atomic E-state index is -4.03. The number of rotatable bonds is 16. The average molecular weight is 655 g/mol. The molecule has 46 heavy (non-hydrogen) atoms. The second kappa shape index (κ2) is 16.5. The number of amides is 2. The molecule has 0 spiro atoms. The standard InChI is InChI=1S/C34H46N4O7S/c1-24(2)19-38(46(44,45)28-16-14-27(23-39)15-17-28)20-32(41)29(18-26-10-7-6-8-11-26)35-33(42)21-37(22-34(43)36(4)5)30-12-9-13-31(40)25(30)3/h6-17,24,29,32,39-41H,18-23H2,1-5H3,(H,35,42)/t29-,32-/m0/s1. The number of carbonyl (C=O) groups is 2. The van der Waals surface area contributed by atoms with E-state index in [2.05, 4.69) is 5.32 Å². The zero-order chi connectivity index (χ0) is 34.0. The van der Waals surface area contributed by atoms with Gasteiger partial charge in [0.15, 0.2) is 0 Å². The third-order valence-corrected chi connectivity index (χ3v) is 9.44. The quantitative estimate of drug-likeness (QED) is 0.184. The summed E-state index contributed by atoms with van der Waals surface area (Å²) in [7, 11) is -0.809. The Balaban J connectivity index is 1.91. The number of anilines is 1. The Hall–Kier alpha value is -3.97. The van der Waals surface area contributed by atoms with Crippen LogP contribution in [0.5, 0.6) is 5.75 Å². The number of phenols is 1. The Bertz CT molecular complexity index is 1550. The maximum atomic E-state index is 13.7. The van der Waals surface area contributed by atoms with Gasteiger partial charge in [0.25, 0.3) is 0 Å². The minimum absolute atomic E-state index is 0.0232. The molecule has 4 N–H and O–H groups in total. The number of sulfonamides is 1. The lowest BCUT2D eigenvalue weighted by atomic mass is 10.0. The van der Waals surface area contributed by atoms with Crippen LogP contribution in [0.2, 0.25) is 0 Å². The van der Waals surface area contributed by atoms with Crippen molar-refractivity contribution in [1.29, 1.82) is 0 Å². The number of benzene rings is 3. The zero-order valence-electron chi connectivity index (χ0n) is 27.1. The van der Waals surface area contributed by atoms with E-state index in [1.165, 1.54) is 39.5 Å². The summed E-state index contributed by atoms with van der Waals surface area (Å²) < 4.78 is 28.7. The largest absolute Gasteiger partial charge is 0.508 e. The van der Waals surface area contributed by atoms with Crippen molar-refractivity contribution in [1.82, 2.24) is 14.5 Å². The summed E-state index contributed by atoms with van der Waals surface area (Å²) in [5, 5.41) is 34.2. The molecule has 0 aliphatic rings. The van der Waals surface area contributed by atoms with E-state index < -0.39 is 28.1 Å². The first kappa shape index (κ1) is 36.5. The molecule has 0 bridgehead atoms. The number of nitrogens with one attached hydrogen (secondary N) is 1. The molecule has 2 amide bonds. The molecule has 0 aliphatic heterocycles. The number of aliphatic hydroxyl groups excluding tert-OH is 2. The van der Waals surface area contributed by atoms with Gasteiger partial charge < -0.3 is 30.4 Å². The zero-order valence-corrected chi connectivity index (χ0v) is 27.9. The normalized spacial score (nSPS) is 13.0. The van der Waals surface area contributed by atoms with Crippen LogP contribution in [0.1, 0.15) is 30.5 Å². The minimum Gasteiger partial charge on any atom is -0.508 e. The molecule has 0 unspecified atom stereocenters. The summed E-state index contributed by atoms with van der Waals surface area (Å²) >= 11 is 0. The van der Waals surface area contributed by atoms with Crippen molar-refractivity contribution in [3.63, 3.8) is 0 Å². The van der Waals surface area contributed by atoms with Gasteiger partial charge in [0, 0.05) is 38.4 Å². The van der Waals surface area contributed by atoms with Gasteiger partial charge in [-0.15, -0.1) is 0 Å². The van der Waals surface area contributed by atoms with Crippen LogP contribution in [0.25, 0.3) is 0 Å². The fourth-order valence-electron chi connectivity index (χ4n) is 4.99. The number of phenolic OH excluding ortho intramolecular Hbond substituents is 1. The van der Waals surface area contributed by atoms with Gasteiger partial charge >= 0.3 is 0 Å². The predicted octanol–water partition coefficient (Wildman–Crippen LogP) is 2.52. The summed E-state index contributed by atoms with van der Waals surface area (Å²) in [6.45, 7) is 4.68. The van der Waals surface area contributed by atoms with E-state index in [4.69, 9.17) is 0 Å². The highest BCUT2D eigenvalue weighted by Crippen LogP contribution is 2.27.